The van der Waals surface area contributed by atoms with E-state index in [0.717, 1.165) is 17.0 Å². The summed E-state index contributed by atoms with van der Waals surface area (Å²) >= 11 is 1.64. The summed E-state index contributed by atoms with van der Waals surface area (Å²) in [5.74, 6) is 0.760. The first-order chi connectivity index (χ1) is 17.6. The standard InChI is InChI=1S/C15H24N2O3.C11H11NOS.C2H6N.U/c1-9(2)12-7-13(20-16-12)14(10(3)4)15(19)17-6-5-11(18)8-17;1-8-11(14-7-12-8)10-4-2-9(6-13)3-5-10;1-3-2;/h7,9-11,14,18H,5-6,8H2,1-4H3;2-5,7,13H,6H2,1H3;1-2H3;/q;;-1;. The molecule has 208 valence electrons. The zero-order valence-electron chi connectivity index (χ0n) is 23.5. The fraction of sp³-hybridized carbons (Fsp3) is 0.536. The number of carbonyl (C=O) groups excluding carboxylic acids is 1. The molecule has 1 saturated heterocycles. The van der Waals surface area contributed by atoms with Gasteiger partial charge in [0.15, 0.2) is 0 Å². The Morgan fingerprint density at radius 2 is 1.84 bits per heavy atom. The van der Waals surface area contributed by atoms with Gasteiger partial charge in [0.2, 0.25) is 5.91 Å². The van der Waals surface area contributed by atoms with Crippen molar-refractivity contribution in [2.45, 2.75) is 65.6 Å². The third kappa shape index (κ3) is 9.89. The predicted octanol–water partition coefficient (Wildman–Crippen LogP) is 5.36. The predicted molar refractivity (Wildman–Crippen MR) is 149 cm³/mol. The number of likely N-dealkylation sites (tertiary alicyclic amines) is 1. The van der Waals surface area contributed by atoms with Crippen LogP contribution in [0.25, 0.3) is 15.8 Å². The Morgan fingerprint density at radius 3 is 2.26 bits per heavy atom. The molecule has 1 aliphatic heterocycles. The van der Waals surface area contributed by atoms with Gasteiger partial charge in [0.05, 0.1) is 34.5 Å². The van der Waals surface area contributed by atoms with Crippen molar-refractivity contribution in [1.29, 1.82) is 0 Å². The third-order valence-corrected chi connectivity index (χ3v) is 6.97. The summed E-state index contributed by atoms with van der Waals surface area (Å²) in [5, 5.41) is 26.0. The second-order valence-electron chi connectivity index (χ2n) is 9.83. The van der Waals surface area contributed by atoms with E-state index in [9.17, 15) is 9.90 Å². The first kappa shape index (κ1) is 34.5. The summed E-state index contributed by atoms with van der Waals surface area (Å²) in [7, 11) is 3.50. The minimum atomic E-state index is -0.396. The SMILES string of the molecule is CC(C)c1cc(C(C(=O)N2CCC(O)C2)C(C)C)on1.C[N-]C.Cc1ncsc1-c1ccc(CO)cc1.[U]. The molecule has 0 spiro atoms. The zero-order valence-corrected chi connectivity index (χ0v) is 28.5. The minimum Gasteiger partial charge on any atom is -0.668 e. The molecule has 1 amide bonds. The molecule has 4 rings (SSSR count). The van der Waals surface area contributed by atoms with Gasteiger partial charge in [0.25, 0.3) is 0 Å². The van der Waals surface area contributed by atoms with E-state index in [4.69, 9.17) is 9.63 Å². The summed E-state index contributed by atoms with van der Waals surface area (Å²) in [4.78, 5) is 19.8. The molecule has 0 aliphatic carbocycles. The van der Waals surface area contributed by atoms with E-state index in [-0.39, 0.29) is 61.4 Å². The van der Waals surface area contributed by atoms with E-state index < -0.39 is 6.10 Å². The molecular formula is C28H41N4O4SU-. The van der Waals surface area contributed by atoms with Crippen LogP contribution in [-0.4, -0.2) is 64.4 Å². The quantitative estimate of drug-likeness (QED) is 0.350. The van der Waals surface area contributed by atoms with Gasteiger partial charge in [-0.05, 0) is 36.3 Å². The van der Waals surface area contributed by atoms with Gasteiger partial charge in [-0.3, -0.25) is 4.79 Å². The molecular weight excluding hydrogens is 726 g/mol. The monoisotopic (exact) mass is 767 g/mol. The molecule has 8 nitrogen and oxygen atoms in total. The fourth-order valence-electron chi connectivity index (χ4n) is 3.94. The normalized spacial score (nSPS) is 15.3. The smallest absolute Gasteiger partial charge is 0.233 e. The number of nitrogens with zero attached hydrogens (tertiary/aromatic N) is 4. The van der Waals surface area contributed by atoms with Crippen LogP contribution in [0.15, 0.2) is 40.4 Å². The maximum absolute atomic E-state index is 12.6. The number of rotatable bonds is 6. The molecule has 3 heterocycles. The van der Waals surface area contributed by atoms with Crippen LogP contribution in [0.1, 0.15) is 68.7 Å². The summed E-state index contributed by atoms with van der Waals surface area (Å²) in [6, 6.07) is 9.81. The Morgan fingerprint density at radius 1 is 1.21 bits per heavy atom. The number of amides is 1. The third-order valence-electron chi connectivity index (χ3n) is 6.00. The van der Waals surface area contributed by atoms with E-state index in [0.29, 0.717) is 25.3 Å². The van der Waals surface area contributed by atoms with Crippen molar-refractivity contribution in [3.63, 3.8) is 0 Å². The Balaban J connectivity index is 0.000000351. The molecule has 0 saturated carbocycles. The van der Waals surface area contributed by atoms with Crippen molar-refractivity contribution in [1.82, 2.24) is 15.0 Å². The molecule has 2 atom stereocenters. The van der Waals surface area contributed by atoms with E-state index in [1.807, 2.05) is 70.5 Å². The zero-order chi connectivity index (χ0) is 27.5. The van der Waals surface area contributed by atoms with Crippen molar-refractivity contribution in [3.05, 3.63) is 63.9 Å². The molecule has 1 aliphatic rings. The molecule has 1 fully saturated rings. The van der Waals surface area contributed by atoms with Crippen molar-refractivity contribution >= 4 is 17.2 Å². The van der Waals surface area contributed by atoms with Gasteiger partial charge in [-0.15, -0.1) is 11.3 Å². The molecule has 1 aromatic carbocycles. The second-order valence-corrected chi connectivity index (χ2v) is 10.7. The van der Waals surface area contributed by atoms with E-state index in [2.05, 4.69) is 15.5 Å². The van der Waals surface area contributed by atoms with Crippen molar-refractivity contribution in [3.8, 4) is 10.4 Å². The van der Waals surface area contributed by atoms with E-state index >= 15 is 0 Å². The van der Waals surface area contributed by atoms with Crippen molar-refractivity contribution in [2.75, 3.05) is 27.2 Å². The maximum Gasteiger partial charge on any atom is 0.233 e. The summed E-state index contributed by atoms with van der Waals surface area (Å²) < 4.78 is 5.40. The first-order valence-electron chi connectivity index (χ1n) is 12.6. The number of aliphatic hydroxyl groups excluding tert-OH is 2. The fourth-order valence-corrected chi connectivity index (χ4v) is 4.75. The Labute approximate surface area is 254 Å². The van der Waals surface area contributed by atoms with Gasteiger partial charge >= 0.3 is 0 Å². The molecule has 3 aromatic rings. The van der Waals surface area contributed by atoms with Gasteiger partial charge < -0.3 is 25.0 Å². The largest absolute Gasteiger partial charge is 0.668 e. The van der Waals surface area contributed by atoms with E-state index in [1.54, 1.807) is 30.3 Å². The van der Waals surface area contributed by atoms with Gasteiger partial charge in [0, 0.05) is 50.3 Å². The van der Waals surface area contributed by atoms with Crippen LogP contribution in [0.3, 0.4) is 0 Å². The Bertz CT molecular complexity index is 1080. The number of hydrogen-bond donors (Lipinski definition) is 2. The number of benzene rings is 1. The van der Waals surface area contributed by atoms with Gasteiger partial charge in [-0.25, -0.2) is 4.98 Å². The summed E-state index contributed by atoms with van der Waals surface area (Å²) in [6.07, 6.45) is 0.261. The van der Waals surface area contributed by atoms with Gasteiger partial charge in [-0.2, -0.15) is 14.1 Å². The number of aliphatic hydroxyl groups is 2. The molecule has 0 bridgehead atoms. The molecule has 10 heteroatoms. The van der Waals surface area contributed by atoms with Gasteiger partial charge in [0.1, 0.15) is 11.7 Å². The summed E-state index contributed by atoms with van der Waals surface area (Å²) in [6.45, 7) is 11.3. The second kappa shape index (κ2) is 17.2. The van der Waals surface area contributed by atoms with Crippen LogP contribution in [0.2, 0.25) is 0 Å². The molecule has 2 unspecified atom stereocenters. The molecule has 38 heavy (non-hydrogen) atoms. The number of β-amino-alcohol motifs (C(OH)–C–C–N with tert-alkyl or cyclic N) is 1. The number of aryl methyl sites for hydroxylation is 1. The van der Waals surface area contributed by atoms with Crippen LogP contribution in [0.4, 0.5) is 0 Å². The Hall–Kier alpha value is -1.54. The van der Waals surface area contributed by atoms with Crippen LogP contribution in [-0.2, 0) is 11.4 Å². The van der Waals surface area contributed by atoms with Gasteiger partial charge in [-0.1, -0.05) is 57.1 Å². The van der Waals surface area contributed by atoms with Crippen LogP contribution in [0.5, 0.6) is 0 Å². The first-order valence-corrected chi connectivity index (χ1v) is 13.5. The number of hydrogen-bond acceptors (Lipinski definition) is 7. The van der Waals surface area contributed by atoms with Crippen LogP contribution < -0.4 is 0 Å². The maximum atomic E-state index is 12.6. The minimum absolute atomic E-state index is 0. The summed E-state index contributed by atoms with van der Waals surface area (Å²) in [5.41, 5.74) is 5.90. The van der Waals surface area contributed by atoms with Crippen LogP contribution in [0, 0.1) is 44.0 Å². The van der Waals surface area contributed by atoms with E-state index in [1.165, 1.54) is 10.4 Å². The number of carbonyl (C=O) groups is 1. The molecule has 0 radical (unpaired) electrons. The number of aromatic nitrogens is 2. The average molecular weight is 768 g/mol. The van der Waals surface area contributed by atoms with Crippen molar-refractivity contribution in [2.24, 2.45) is 5.92 Å². The topological polar surface area (TPSA) is 114 Å². The number of thiazole rings is 1. The molecule has 2 N–H and O–H groups in total. The average Bonchev–Trinajstić information content (AvgIpc) is 3.61. The van der Waals surface area contributed by atoms with Crippen molar-refractivity contribution < 1.29 is 50.6 Å². The Kier molecular flexibility index (Phi) is 15.6. The molecule has 2 aromatic heterocycles. The van der Waals surface area contributed by atoms with Crippen LogP contribution >= 0.6 is 11.3 Å².